The molecule has 10 heteroatoms. The number of halogens is 1. The molecule has 0 spiro atoms. The van der Waals surface area contributed by atoms with E-state index in [1.807, 2.05) is 20.8 Å². The first kappa shape index (κ1) is 23.7. The fourth-order valence-corrected chi connectivity index (χ4v) is 5.43. The monoisotopic (exact) mass is 484 g/mol. The number of carbonyl (C=O) groups excluding carboxylic acids is 2. The molecule has 2 N–H and O–H groups in total. The molecular formula is C24H25ClN4O5. The molecule has 178 valence electrons. The van der Waals surface area contributed by atoms with Crippen LogP contribution in [0.2, 0.25) is 5.02 Å². The molecule has 0 saturated heterocycles. The summed E-state index contributed by atoms with van der Waals surface area (Å²) >= 11 is 6.11. The molecule has 0 heterocycles. The van der Waals surface area contributed by atoms with Crippen molar-refractivity contribution in [2.45, 2.75) is 33.6 Å². The SMILES string of the molecule is COc1ccc(Cl)cc1NC(=O)C12CCC(C)(/C(=N/Nc3ccc([N+](=O)[O-])cc3)C1=O)C2(C)C. The molecule has 2 fully saturated rings. The number of carbonyl (C=O) groups is 2. The Morgan fingerprint density at radius 3 is 2.44 bits per heavy atom. The predicted molar refractivity (Wildman–Crippen MR) is 129 cm³/mol. The first-order chi connectivity index (χ1) is 16.0. The van der Waals surface area contributed by atoms with E-state index in [-0.39, 0.29) is 17.2 Å². The van der Waals surface area contributed by atoms with Crippen LogP contribution in [0.5, 0.6) is 5.75 Å². The Morgan fingerprint density at radius 2 is 1.82 bits per heavy atom. The van der Waals surface area contributed by atoms with Gasteiger partial charge in [0.1, 0.15) is 16.9 Å². The highest BCUT2D eigenvalue weighted by Crippen LogP contribution is 2.69. The third-order valence-corrected chi connectivity index (χ3v) is 7.98. The van der Waals surface area contributed by atoms with Crippen molar-refractivity contribution >= 4 is 46.1 Å². The van der Waals surface area contributed by atoms with E-state index < -0.39 is 27.1 Å². The van der Waals surface area contributed by atoms with Crippen molar-refractivity contribution in [1.29, 1.82) is 0 Å². The molecule has 2 saturated carbocycles. The van der Waals surface area contributed by atoms with Gasteiger partial charge in [0, 0.05) is 22.6 Å². The highest BCUT2D eigenvalue weighted by molar-refractivity contribution is 6.51. The zero-order valence-electron chi connectivity index (χ0n) is 19.3. The molecule has 2 aromatic rings. The van der Waals surface area contributed by atoms with Gasteiger partial charge in [0.05, 0.1) is 23.4 Å². The Labute approximate surface area is 201 Å². The molecule has 2 bridgehead atoms. The van der Waals surface area contributed by atoms with Gasteiger partial charge in [0.2, 0.25) is 5.91 Å². The number of hydrazone groups is 1. The van der Waals surface area contributed by atoms with Crippen molar-refractivity contribution in [3.05, 3.63) is 57.6 Å². The first-order valence-corrected chi connectivity index (χ1v) is 11.1. The van der Waals surface area contributed by atoms with E-state index in [1.54, 1.807) is 18.2 Å². The van der Waals surface area contributed by atoms with Gasteiger partial charge >= 0.3 is 0 Å². The molecule has 0 aromatic heterocycles. The number of nitro groups is 1. The molecule has 2 aliphatic carbocycles. The Bertz CT molecular complexity index is 1230. The van der Waals surface area contributed by atoms with Crippen molar-refractivity contribution in [1.82, 2.24) is 0 Å². The quantitative estimate of drug-likeness (QED) is 0.335. The third kappa shape index (κ3) is 3.26. The second kappa shape index (κ2) is 8.09. The number of ether oxygens (including phenoxy) is 1. The molecule has 2 aromatic carbocycles. The van der Waals surface area contributed by atoms with E-state index in [0.29, 0.717) is 35.0 Å². The predicted octanol–water partition coefficient (Wildman–Crippen LogP) is 5.06. The number of hydrogen-bond acceptors (Lipinski definition) is 7. The summed E-state index contributed by atoms with van der Waals surface area (Å²) in [4.78, 5) is 37.8. The smallest absolute Gasteiger partial charge is 0.269 e. The fraction of sp³-hybridized carbons (Fsp3) is 0.375. The van der Waals surface area contributed by atoms with Crippen LogP contribution in [0.25, 0.3) is 0 Å². The summed E-state index contributed by atoms with van der Waals surface area (Å²) in [5.41, 5.74) is 1.29. The number of anilines is 2. The Morgan fingerprint density at radius 1 is 1.15 bits per heavy atom. The van der Waals surface area contributed by atoms with Gasteiger partial charge in [-0.05, 0) is 48.6 Å². The van der Waals surface area contributed by atoms with E-state index in [4.69, 9.17) is 16.3 Å². The van der Waals surface area contributed by atoms with E-state index in [2.05, 4.69) is 15.8 Å². The Balaban J connectivity index is 1.67. The number of benzene rings is 2. The molecule has 2 unspecified atom stereocenters. The van der Waals surface area contributed by atoms with Crippen molar-refractivity contribution in [2.24, 2.45) is 21.3 Å². The lowest BCUT2D eigenvalue weighted by Crippen LogP contribution is -2.47. The number of fused-ring (bicyclic) bond motifs is 2. The largest absolute Gasteiger partial charge is 0.495 e. The maximum absolute atomic E-state index is 13.7. The number of Topliss-reactive ketones (excluding diaryl/α,β-unsaturated/α-hetero) is 1. The normalized spacial score (nSPS) is 25.9. The van der Waals surface area contributed by atoms with Gasteiger partial charge in [-0.1, -0.05) is 32.4 Å². The molecule has 2 atom stereocenters. The lowest BCUT2D eigenvalue weighted by Gasteiger charge is -2.37. The third-order valence-electron chi connectivity index (χ3n) is 7.74. The van der Waals surface area contributed by atoms with Crippen LogP contribution in [0, 0.1) is 26.4 Å². The summed E-state index contributed by atoms with van der Waals surface area (Å²) < 4.78 is 5.34. The lowest BCUT2D eigenvalue weighted by atomic mass is 9.64. The Hall–Kier alpha value is -3.46. The summed E-state index contributed by atoms with van der Waals surface area (Å²) in [6, 6.07) is 10.6. The minimum absolute atomic E-state index is 0.0469. The summed E-state index contributed by atoms with van der Waals surface area (Å²) in [5, 5.41) is 18.6. The topological polar surface area (TPSA) is 123 Å². The van der Waals surface area contributed by atoms with Crippen LogP contribution in [0.1, 0.15) is 33.6 Å². The molecule has 2 aliphatic rings. The van der Waals surface area contributed by atoms with E-state index in [1.165, 1.54) is 31.4 Å². The first-order valence-electron chi connectivity index (χ1n) is 10.8. The summed E-state index contributed by atoms with van der Waals surface area (Å²) in [6.07, 6.45) is 0.993. The highest BCUT2D eigenvalue weighted by Gasteiger charge is 2.76. The van der Waals surface area contributed by atoms with Crippen molar-refractivity contribution < 1.29 is 19.2 Å². The number of amides is 1. The summed E-state index contributed by atoms with van der Waals surface area (Å²) in [5.74, 6) is -0.321. The Kier molecular flexibility index (Phi) is 5.64. The van der Waals surface area contributed by atoms with E-state index in [0.717, 1.165) is 0 Å². The zero-order valence-corrected chi connectivity index (χ0v) is 20.0. The van der Waals surface area contributed by atoms with Gasteiger partial charge in [-0.2, -0.15) is 5.10 Å². The van der Waals surface area contributed by atoms with Gasteiger partial charge in [-0.3, -0.25) is 25.1 Å². The second-order valence-corrected chi connectivity index (χ2v) is 9.80. The zero-order chi connectivity index (χ0) is 24.9. The number of non-ortho nitro benzene ring substituents is 1. The number of methoxy groups -OCH3 is 1. The van der Waals surface area contributed by atoms with Crippen molar-refractivity contribution in [3.8, 4) is 5.75 Å². The average Bonchev–Trinajstić information content (AvgIpc) is 3.07. The average molecular weight is 485 g/mol. The van der Waals surface area contributed by atoms with Gasteiger partial charge in [0.15, 0.2) is 5.78 Å². The van der Waals surface area contributed by atoms with Gasteiger partial charge in [-0.25, -0.2) is 0 Å². The number of nitro benzene ring substituents is 1. The second-order valence-electron chi connectivity index (χ2n) is 9.37. The van der Waals surface area contributed by atoms with Crippen LogP contribution >= 0.6 is 11.6 Å². The van der Waals surface area contributed by atoms with Crippen LogP contribution in [0.3, 0.4) is 0 Å². The molecule has 4 rings (SSSR count). The van der Waals surface area contributed by atoms with Gasteiger partial charge in [0.25, 0.3) is 5.69 Å². The molecule has 0 radical (unpaired) electrons. The summed E-state index contributed by atoms with van der Waals surface area (Å²) in [7, 11) is 1.49. The van der Waals surface area contributed by atoms with Crippen molar-refractivity contribution in [2.75, 3.05) is 17.9 Å². The standard InChI is InChI=1S/C24H25ClN4O5/c1-22(2)23(3)11-12-24(22,21(31)26-17-13-14(25)5-10-18(17)34-4)20(30)19(23)28-27-15-6-8-16(9-7-15)29(32)33/h5-10,13,27H,11-12H2,1-4H3,(H,26,31)/b28-19+. The van der Waals surface area contributed by atoms with Gasteiger partial charge < -0.3 is 10.1 Å². The van der Waals surface area contributed by atoms with Crippen LogP contribution < -0.4 is 15.5 Å². The molecule has 34 heavy (non-hydrogen) atoms. The number of hydrogen-bond donors (Lipinski definition) is 2. The molecule has 0 aliphatic heterocycles. The van der Waals surface area contributed by atoms with E-state index in [9.17, 15) is 19.7 Å². The van der Waals surface area contributed by atoms with E-state index >= 15 is 0 Å². The lowest BCUT2D eigenvalue weighted by molar-refractivity contribution is -0.384. The number of nitrogens with one attached hydrogen (secondary N) is 2. The van der Waals surface area contributed by atoms with Crippen LogP contribution in [-0.4, -0.2) is 29.4 Å². The van der Waals surface area contributed by atoms with Crippen LogP contribution in [0.15, 0.2) is 47.6 Å². The molecule has 9 nitrogen and oxygen atoms in total. The van der Waals surface area contributed by atoms with Crippen LogP contribution in [0.4, 0.5) is 17.1 Å². The number of nitrogens with zero attached hydrogens (tertiary/aromatic N) is 2. The number of rotatable bonds is 6. The minimum Gasteiger partial charge on any atom is -0.495 e. The molecule has 1 amide bonds. The van der Waals surface area contributed by atoms with Crippen LogP contribution in [-0.2, 0) is 9.59 Å². The number of ketones is 1. The molecular weight excluding hydrogens is 460 g/mol. The van der Waals surface area contributed by atoms with Gasteiger partial charge in [-0.15, -0.1) is 0 Å². The maximum Gasteiger partial charge on any atom is 0.269 e. The maximum atomic E-state index is 13.7. The minimum atomic E-state index is -1.31. The van der Waals surface area contributed by atoms with Crippen molar-refractivity contribution in [3.63, 3.8) is 0 Å². The highest BCUT2D eigenvalue weighted by atomic mass is 35.5. The fourth-order valence-electron chi connectivity index (χ4n) is 5.26. The summed E-state index contributed by atoms with van der Waals surface area (Å²) in [6.45, 7) is 5.78.